The Bertz CT molecular complexity index is 1190. The fourth-order valence-corrected chi connectivity index (χ4v) is 5.09. The molecule has 0 spiro atoms. The summed E-state index contributed by atoms with van der Waals surface area (Å²) in [6, 6.07) is 15.6. The zero-order valence-corrected chi connectivity index (χ0v) is 21.0. The van der Waals surface area contributed by atoms with E-state index in [0.717, 1.165) is 54.5 Å². The molecular formula is C28H35N5O3. The van der Waals surface area contributed by atoms with Crippen LogP contribution in [0, 0.1) is 11.8 Å². The van der Waals surface area contributed by atoms with Crippen molar-refractivity contribution in [2.45, 2.75) is 37.9 Å². The van der Waals surface area contributed by atoms with E-state index in [4.69, 9.17) is 19.8 Å². The normalized spacial score (nSPS) is 23.3. The molecule has 8 nitrogen and oxygen atoms in total. The number of aliphatic hydroxyl groups is 1. The van der Waals surface area contributed by atoms with Crippen molar-refractivity contribution in [1.82, 2.24) is 15.3 Å². The van der Waals surface area contributed by atoms with Crippen molar-refractivity contribution in [3.05, 3.63) is 59.7 Å². The predicted molar refractivity (Wildman–Crippen MR) is 141 cm³/mol. The Morgan fingerprint density at radius 3 is 2.36 bits per heavy atom. The molecule has 8 heteroatoms. The van der Waals surface area contributed by atoms with Crippen LogP contribution in [0.15, 0.2) is 48.5 Å². The van der Waals surface area contributed by atoms with Gasteiger partial charge in [0.2, 0.25) is 5.95 Å². The fourth-order valence-electron chi connectivity index (χ4n) is 5.09. The summed E-state index contributed by atoms with van der Waals surface area (Å²) in [4.78, 5) is 24.1. The van der Waals surface area contributed by atoms with Gasteiger partial charge in [-0.05, 0) is 67.3 Å². The van der Waals surface area contributed by atoms with E-state index < -0.39 is 0 Å². The highest BCUT2D eigenvalue weighted by Gasteiger charge is 2.39. The number of aliphatic hydroxyl groups excluding tert-OH is 1. The molecule has 2 unspecified atom stereocenters. The zero-order valence-electron chi connectivity index (χ0n) is 21.0. The van der Waals surface area contributed by atoms with Crippen LogP contribution in [-0.2, 0) is 4.74 Å². The smallest absolute Gasteiger partial charge is 0.251 e. The lowest BCUT2D eigenvalue weighted by Gasteiger charge is -2.29. The van der Waals surface area contributed by atoms with Crippen LogP contribution in [0.2, 0.25) is 0 Å². The van der Waals surface area contributed by atoms with E-state index in [1.165, 1.54) is 0 Å². The Hall–Kier alpha value is -3.23. The van der Waals surface area contributed by atoms with E-state index in [1.54, 1.807) is 0 Å². The molecule has 1 aliphatic carbocycles. The van der Waals surface area contributed by atoms with Gasteiger partial charge in [-0.1, -0.05) is 24.3 Å². The minimum absolute atomic E-state index is 0.0276. The first-order chi connectivity index (χ1) is 17.5. The van der Waals surface area contributed by atoms with Gasteiger partial charge in [-0.15, -0.1) is 0 Å². The zero-order chi connectivity index (χ0) is 25.1. The van der Waals surface area contributed by atoms with Crippen LogP contribution in [0.4, 0.5) is 11.8 Å². The SMILES string of the molecule is CN(C)c1nc(NCC2CCC(CNC(=O)c3ccc(C4OC4CO)cc3)CC2)nc2ccccc12. The summed E-state index contributed by atoms with van der Waals surface area (Å²) in [6.07, 6.45) is 4.32. The summed E-state index contributed by atoms with van der Waals surface area (Å²) in [5, 5.41) is 16.8. The number of rotatable bonds is 9. The molecule has 1 aromatic heterocycles. The third-order valence-corrected chi connectivity index (χ3v) is 7.34. The van der Waals surface area contributed by atoms with Crippen molar-refractivity contribution in [3.8, 4) is 0 Å². The van der Waals surface area contributed by atoms with E-state index in [9.17, 15) is 4.79 Å². The molecule has 3 aromatic rings. The lowest BCUT2D eigenvalue weighted by atomic mass is 9.82. The number of hydrogen-bond donors (Lipinski definition) is 3. The molecule has 0 radical (unpaired) electrons. The maximum Gasteiger partial charge on any atom is 0.251 e. The molecule has 1 saturated heterocycles. The largest absolute Gasteiger partial charge is 0.394 e. The van der Waals surface area contributed by atoms with Gasteiger partial charge >= 0.3 is 0 Å². The fraction of sp³-hybridized carbons (Fsp3) is 0.464. The van der Waals surface area contributed by atoms with Crippen molar-refractivity contribution in [2.75, 3.05) is 44.0 Å². The first kappa shape index (κ1) is 24.5. The lowest BCUT2D eigenvalue weighted by molar-refractivity contribution is 0.0941. The molecule has 1 amide bonds. The number of nitrogens with one attached hydrogen (secondary N) is 2. The second kappa shape index (κ2) is 10.8. The number of epoxide rings is 1. The Morgan fingerprint density at radius 1 is 1.00 bits per heavy atom. The summed E-state index contributed by atoms with van der Waals surface area (Å²) in [5.74, 6) is 2.65. The molecule has 36 heavy (non-hydrogen) atoms. The number of nitrogens with zero attached hydrogens (tertiary/aromatic N) is 3. The molecular weight excluding hydrogens is 454 g/mol. The predicted octanol–water partition coefficient (Wildman–Crippen LogP) is 3.78. The average Bonchev–Trinajstić information content (AvgIpc) is 3.71. The monoisotopic (exact) mass is 489 g/mol. The van der Waals surface area contributed by atoms with E-state index in [-0.39, 0.29) is 24.7 Å². The van der Waals surface area contributed by atoms with Gasteiger partial charge in [0, 0.05) is 38.1 Å². The van der Waals surface area contributed by atoms with Gasteiger partial charge in [0.1, 0.15) is 18.0 Å². The molecule has 2 aromatic carbocycles. The van der Waals surface area contributed by atoms with Gasteiger partial charge in [0.25, 0.3) is 5.91 Å². The van der Waals surface area contributed by atoms with Gasteiger partial charge in [-0.2, -0.15) is 4.98 Å². The maximum atomic E-state index is 12.6. The molecule has 2 heterocycles. The molecule has 5 rings (SSSR count). The molecule has 190 valence electrons. The third-order valence-electron chi connectivity index (χ3n) is 7.34. The van der Waals surface area contributed by atoms with Crippen LogP contribution in [0.1, 0.15) is 47.7 Å². The van der Waals surface area contributed by atoms with Crippen molar-refractivity contribution in [1.29, 1.82) is 0 Å². The number of fused-ring (bicyclic) bond motifs is 1. The second-order valence-corrected chi connectivity index (χ2v) is 10.2. The summed E-state index contributed by atoms with van der Waals surface area (Å²) in [7, 11) is 4.01. The Morgan fingerprint density at radius 2 is 1.69 bits per heavy atom. The molecule has 2 atom stereocenters. The van der Waals surface area contributed by atoms with Crippen LogP contribution in [0.5, 0.6) is 0 Å². The standard InChI is InChI=1S/C28H35N5O3/c1-33(2)26-22-5-3-4-6-23(22)31-28(32-26)30-16-19-9-7-18(8-10-19)15-29-27(35)21-13-11-20(12-14-21)25-24(17-34)36-25/h3-6,11-14,18-19,24-25,34H,7-10,15-17H2,1-2H3,(H,29,35)(H,30,31,32). The first-order valence-electron chi connectivity index (χ1n) is 12.8. The topological polar surface area (TPSA) is 103 Å². The van der Waals surface area contributed by atoms with Crippen LogP contribution in [0.25, 0.3) is 10.9 Å². The Labute approximate surface area is 212 Å². The van der Waals surface area contributed by atoms with Crippen molar-refractivity contribution in [3.63, 3.8) is 0 Å². The maximum absolute atomic E-state index is 12.6. The highest BCUT2D eigenvalue weighted by molar-refractivity contribution is 5.94. The highest BCUT2D eigenvalue weighted by Crippen LogP contribution is 2.38. The van der Waals surface area contributed by atoms with Gasteiger partial charge in [-0.3, -0.25) is 4.79 Å². The summed E-state index contributed by atoms with van der Waals surface area (Å²) in [5.41, 5.74) is 2.61. The number of hydrogen-bond acceptors (Lipinski definition) is 7. The Balaban J connectivity index is 1.07. The number of carbonyl (C=O) groups excluding carboxylic acids is 1. The molecule has 2 fully saturated rings. The first-order valence-corrected chi connectivity index (χ1v) is 12.8. The Kier molecular flexibility index (Phi) is 7.34. The molecule has 1 saturated carbocycles. The number of para-hydroxylation sites is 1. The second-order valence-electron chi connectivity index (χ2n) is 10.2. The summed E-state index contributed by atoms with van der Waals surface area (Å²) >= 11 is 0. The summed E-state index contributed by atoms with van der Waals surface area (Å²) in [6.45, 7) is 1.59. The summed E-state index contributed by atoms with van der Waals surface area (Å²) < 4.78 is 5.40. The highest BCUT2D eigenvalue weighted by atomic mass is 16.6. The lowest BCUT2D eigenvalue weighted by Crippen LogP contribution is -2.32. The third kappa shape index (κ3) is 5.60. The molecule has 3 N–H and O–H groups in total. The number of carbonyl (C=O) groups is 1. The van der Waals surface area contributed by atoms with Crippen LogP contribution < -0.4 is 15.5 Å². The van der Waals surface area contributed by atoms with Crippen molar-refractivity contribution >= 4 is 28.6 Å². The minimum Gasteiger partial charge on any atom is -0.394 e. The van der Waals surface area contributed by atoms with Gasteiger partial charge < -0.3 is 25.4 Å². The number of ether oxygens (including phenoxy) is 1. The van der Waals surface area contributed by atoms with Crippen molar-refractivity contribution < 1.29 is 14.6 Å². The van der Waals surface area contributed by atoms with Crippen LogP contribution >= 0.6 is 0 Å². The van der Waals surface area contributed by atoms with Gasteiger partial charge in [-0.25, -0.2) is 4.98 Å². The number of benzene rings is 2. The van der Waals surface area contributed by atoms with Crippen LogP contribution in [0.3, 0.4) is 0 Å². The number of aromatic nitrogens is 2. The van der Waals surface area contributed by atoms with E-state index in [0.29, 0.717) is 29.9 Å². The molecule has 1 aliphatic heterocycles. The van der Waals surface area contributed by atoms with Gasteiger partial charge in [0.05, 0.1) is 12.1 Å². The van der Waals surface area contributed by atoms with Crippen LogP contribution in [-0.4, -0.2) is 60.9 Å². The minimum atomic E-state index is -0.106. The van der Waals surface area contributed by atoms with Gasteiger partial charge in [0.15, 0.2) is 0 Å². The quantitative estimate of drug-likeness (QED) is 0.393. The molecule has 0 bridgehead atoms. The average molecular weight is 490 g/mol. The van der Waals surface area contributed by atoms with E-state index in [2.05, 4.69) is 16.7 Å². The molecule has 2 aliphatic rings. The van der Waals surface area contributed by atoms with E-state index >= 15 is 0 Å². The number of anilines is 2. The van der Waals surface area contributed by atoms with E-state index in [1.807, 2.05) is 61.5 Å². The number of amides is 1. The van der Waals surface area contributed by atoms with Crippen molar-refractivity contribution in [2.24, 2.45) is 11.8 Å².